The molecular weight excluding hydrogens is 228 g/mol. The second-order valence-corrected chi connectivity index (χ2v) is 6.21. The Balaban J connectivity index is 1.68. The molecule has 0 aromatic heterocycles. The van der Waals surface area contributed by atoms with Crippen LogP contribution in [0.5, 0.6) is 0 Å². The van der Waals surface area contributed by atoms with Crippen molar-refractivity contribution in [1.29, 1.82) is 0 Å². The summed E-state index contributed by atoms with van der Waals surface area (Å²) in [5.41, 5.74) is 6.06. The molecule has 0 spiro atoms. The van der Waals surface area contributed by atoms with Gasteiger partial charge in [0.25, 0.3) is 0 Å². The number of allylic oxidation sites excluding steroid dienone is 2. The zero-order valence-corrected chi connectivity index (χ0v) is 10.3. The molecule has 4 nitrogen and oxygen atoms in total. The minimum absolute atomic E-state index is 0.0117. The number of carbonyl (C=O) groups excluding carboxylic acids is 2. The third kappa shape index (κ3) is 1.14. The van der Waals surface area contributed by atoms with E-state index < -0.39 is 0 Å². The standard InChI is InChI=1S/C14H18N2O2/c15-9-2-1-3-10(9)16-13(17)11-7-4-5-8(6-7)12(11)14(16)18/h4-5,7-12H,1-3,6,15H2. The summed E-state index contributed by atoms with van der Waals surface area (Å²) >= 11 is 0. The number of hydrogen-bond donors (Lipinski definition) is 1. The van der Waals surface area contributed by atoms with Crippen molar-refractivity contribution in [2.75, 3.05) is 0 Å². The predicted octanol–water partition coefficient (Wildman–Crippen LogP) is 0.673. The van der Waals surface area contributed by atoms with Gasteiger partial charge in [0.15, 0.2) is 0 Å². The number of carbonyl (C=O) groups is 2. The molecule has 2 N–H and O–H groups in total. The van der Waals surface area contributed by atoms with E-state index in [1.807, 2.05) is 0 Å². The maximum Gasteiger partial charge on any atom is 0.234 e. The van der Waals surface area contributed by atoms with Crippen LogP contribution in [-0.2, 0) is 9.59 Å². The van der Waals surface area contributed by atoms with E-state index in [1.54, 1.807) is 4.90 Å². The van der Waals surface area contributed by atoms with Crippen molar-refractivity contribution in [2.45, 2.75) is 37.8 Å². The number of rotatable bonds is 1. The van der Waals surface area contributed by atoms with E-state index in [0.717, 1.165) is 25.7 Å². The number of nitrogens with two attached hydrogens (primary N) is 1. The summed E-state index contributed by atoms with van der Waals surface area (Å²) in [5, 5.41) is 0. The highest BCUT2D eigenvalue weighted by atomic mass is 16.2. The number of likely N-dealkylation sites (tertiary alicyclic amines) is 1. The van der Waals surface area contributed by atoms with Gasteiger partial charge < -0.3 is 5.73 Å². The summed E-state index contributed by atoms with van der Waals surface area (Å²) in [6.45, 7) is 0. The third-order valence-corrected chi connectivity index (χ3v) is 5.37. The number of amides is 2. The quantitative estimate of drug-likeness (QED) is 0.546. The Hall–Kier alpha value is -1.16. The van der Waals surface area contributed by atoms with Crippen molar-refractivity contribution < 1.29 is 9.59 Å². The largest absolute Gasteiger partial charge is 0.326 e. The van der Waals surface area contributed by atoms with Gasteiger partial charge in [-0.2, -0.15) is 0 Å². The lowest BCUT2D eigenvalue weighted by Gasteiger charge is -2.27. The van der Waals surface area contributed by atoms with Crippen LogP contribution >= 0.6 is 0 Å². The Morgan fingerprint density at radius 2 is 1.67 bits per heavy atom. The SMILES string of the molecule is NC1CCCC1N1C(=O)C2C3C=CC(C3)C2C1=O. The van der Waals surface area contributed by atoms with E-state index in [4.69, 9.17) is 5.73 Å². The summed E-state index contributed by atoms with van der Waals surface area (Å²) in [5.74, 6) is 0.590. The van der Waals surface area contributed by atoms with Crippen LogP contribution in [0.2, 0.25) is 0 Å². The average Bonchev–Trinajstić information content (AvgIpc) is 3.06. The van der Waals surface area contributed by atoms with Gasteiger partial charge in [0, 0.05) is 6.04 Å². The molecule has 2 amide bonds. The van der Waals surface area contributed by atoms with Crippen molar-refractivity contribution in [3.05, 3.63) is 12.2 Å². The van der Waals surface area contributed by atoms with Gasteiger partial charge in [0.1, 0.15) is 0 Å². The summed E-state index contributed by atoms with van der Waals surface area (Å²) in [6.07, 6.45) is 8.12. The molecule has 0 aromatic rings. The van der Waals surface area contributed by atoms with Crippen molar-refractivity contribution in [3.63, 3.8) is 0 Å². The maximum atomic E-state index is 12.5. The Kier molecular flexibility index (Phi) is 2.05. The second-order valence-electron chi connectivity index (χ2n) is 6.21. The minimum Gasteiger partial charge on any atom is -0.326 e. The van der Waals surface area contributed by atoms with Crippen LogP contribution in [0.3, 0.4) is 0 Å². The van der Waals surface area contributed by atoms with Gasteiger partial charge in [-0.05, 0) is 37.5 Å². The summed E-state index contributed by atoms with van der Waals surface area (Å²) in [4.78, 5) is 26.6. The summed E-state index contributed by atoms with van der Waals surface area (Å²) in [7, 11) is 0. The lowest BCUT2D eigenvalue weighted by Crippen LogP contribution is -2.48. The second kappa shape index (κ2) is 3.44. The van der Waals surface area contributed by atoms with Gasteiger partial charge in [-0.15, -0.1) is 0 Å². The molecule has 4 aliphatic rings. The first-order chi connectivity index (χ1) is 8.68. The molecule has 3 fully saturated rings. The fourth-order valence-electron chi connectivity index (χ4n) is 4.54. The van der Waals surface area contributed by atoms with Gasteiger partial charge in [0.2, 0.25) is 11.8 Å². The molecule has 4 heteroatoms. The molecule has 3 aliphatic carbocycles. The summed E-state index contributed by atoms with van der Waals surface area (Å²) in [6, 6.07) is -0.0441. The molecule has 0 radical (unpaired) electrons. The van der Waals surface area contributed by atoms with Crippen LogP contribution in [0.1, 0.15) is 25.7 Å². The molecule has 6 atom stereocenters. The first-order valence-electron chi connectivity index (χ1n) is 6.99. The van der Waals surface area contributed by atoms with E-state index in [-0.39, 0.29) is 35.7 Å². The zero-order chi connectivity index (χ0) is 12.4. The van der Waals surface area contributed by atoms with Crippen molar-refractivity contribution >= 4 is 11.8 Å². The van der Waals surface area contributed by atoms with Crippen LogP contribution in [0.25, 0.3) is 0 Å². The highest BCUT2D eigenvalue weighted by Crippen LogP contribution is 2.53. The normalized spacial score (nSPS) is 49.5. The fourth-order valence-corrected chi connectivity index (χ4v) is 4.54. The molecule has 1 saturated heterocycles. The Bertz CT molecular complexity index is 429. The fraction of sp³-hybridized carbons (Fsp3) is 0.714. The zero-order valence-electron chi connectivity index (χ0n) is 10.3. The molecule has 2 bridgehead atoms. The van der Waals surface area contributed by atoms with E-state index >= 15 is 0 Å². The Morgan fingerprint density at radius 1 is 1.06 bits per heavy atom. The molecule has 6 unspecified atom stereocenters. The van der Waals surface area contributed by atoms with E-state index in [9.17, 15) is 9.59 Å². The van der Waals surface area contributed by atoms with Crippen LogP contribution in [0, 0.1) is 23.7 Å². The van der Waals surface area contributed by atoms with Gasteiger partial charge in [-0.25, -0.2) is 0 Å². The first-order valence-corrected chi connectivity index (χ1v) is 6.99. The predicted molar refractivity (Wildman–Crippen MR) is 65.2 cm³/mol. The van der Waals surface area contributed by atoms with E-state index in [2.05, 4.69) is 12.2 Å². The summed E-state index contributed by atoms with van der Waals surface area (Å²) < 4.78 is 0. The van der Waals surface area contributed by atoms with Crippen LogP contribution < -0.4 is 5.73 Å². The van der Waals surface area contributed by atoms with Gasteiger partial charge in [-0.3, -0.25) is 14.5 Å². The van der Waals surface area contributed by atoms with Gasteiger partial charge >= 0.3 is 0 Å². The number of fused-ring (bicyclic) bond motifs is 5. The molecule has 1 heterocycles. The highest BCUT2D eigenvalue weighted by molar-refractivity contribution is 6.06. The monoisotopic (exact) mass is 246 g/mol. The molecule has 2 saturated carbocycles. The van der Waals surface area contributed by atoms with Crippen LogP contribution in [-0.4, -0.2) is 28.8 Å². The molecule has 1 aliphatic heterocycles. The number of imide groups is 1. The molecular formula is C14H18N2O2. The smallest absolute Gasteiger partial charge is 0.234 e. The lowest BCUT2D eigenvalue weighted by molar-refractivity contribution is -0.143. The van der Waals surface area contributed by atoms with Gasteiger partial charge in [-0.1, -0.05) is 12.2 Å². The molecule has 96 valence electrons. The Labute approximate surface area is 106 Å². The third-order valence-electron chi connectivity index (χ3n) is 5.37. The highest BCUT2D eigenvalue weighted by Gasteiger charge is 2.60. The maximum absolute atomic E-state index is 12.5. The van der Waals surface area contributed by atoms with E-state index in [1.165, 1.54) is 0 Å². The number of hydrogen-bond acceptors (Lipinski definition) is 3. The average molecular weight is 246 g/mol. The van der Waals surface area contributed by atoms with Crippen LogP contribution in [0.15, 0.2) is 12.2 Å². The van der Waals surface area contributed by atoms with Crippen molar-refractivity contribution in [1.82, 2.24) is 4.90 Å². The van der Waals surface area contributed by atoms with E-state index in [0.29, 0.717) is 11.8 Å². The van der Waals surface area contributed by atoms with Gasteiger partial charge in [0.05, 0.1) is 17.9 Å². The molecule has 0 aromatic carbocycles. The topological polar surface area (TPSA) is 63.4 Å². The first kappa shape index (κ1) is 10.7. The molecule has 18 heavy (non-hydrogen) atoms. The lowest BCUT2D eigenvalue weighted by atomic mass is 9.85. The van der Waals surface area contributed by atoms with Crippen molar-refractivity contribution in [3.8, 4) is 0 Å². The van der Waals surface area contributed by atoms with Crippen LogP contribution in [0.4, 0.5) is 0 Å². The minimum atomic E-state index is -0.0692. The van der Waals surface area contributed by atoms with Crippen molar-refractivity contribution in [2.24, 2.45) is 29.4 Å². The number of nitrogens with zero attached hydrogens (tertiary/aromatic N) is 1. The Morgan fingerprint density at radius 3 is 2.17 bits per heavy atom. The molecule has 4 rings (SSSR count).